The predicted octanol–water partition coefficient (Wildman–Crippen LogP) is 4.77. The average Bonchev–Trinajstić information content (AvgIpc) is 3.07. The van der Waals surface area contributed by atoms with Gasteiger partial charge in [-0.2, -0.15) is 5.10 Å². The molecule has 2 amide bonds. The minimum absolute atomic E-state index is 0.0955. The third kappa shape index (κ3) is 5.26. The number of thioether (sulfide) groups is 1. The van der Waals surface area contributed by atoms with Crippen LogP contribution in [0.2, 0.25) is 0 Å². The van der Waals surface area contributed by atoms with Crippen molar-refractivity contribution in [2.24, 2.45) is 0 Å². The van der Waals surface area contributed by atoms with Crippen molar-refractivity contribution in [2.45, 2.75) is 71.1 Å². The number of halogens is 1. The molecule has 0 saturated carbocycles. The number of hydrogen-bond donors (Lipinski definition) is 1. The quantitative estimate of drug-likeness (QED) is 0.678. The van der Waals surface area contributed by atoms with Crippen molar-refractivity contribution in [3.8, 4) is 0 Å². The van der Waals surface area contributed by atoms with Gasteiger partial charge in [-0.15, -0.1) is 11.8 Å². The lowest BCUT2D eigenvalue weighted by Gasteiger charge is -2.29. The zero-order valence-electron chi connectivity index (χ0n) is 20.7. The van der Waals surface area contributed by atoms with Crippen LogP contribution in [-0.2, 0) is 20.5 Å². The number of benzene rings is 1. The van der Waals surface area contributed by atoms with Gasteiger partial charge in [0.15, 0.2) is 0 Å². The largest absolute Gasteiger partial charge is 0.355 e. The fourth-order valence-corrected chi connectivity index (χ4v) is 5.16. The highest BCUT2D eigenvalue weighted by molar-refractivity contribution is 8.00. The van der Waals surface area contributed by atoms with Gasteiger partial charge in [-0.25, -0.2) is 9.07 Å². The number of nitrogens with zero attached hydrogens (tertiary/aromatic N) is 3. The minimum Gasteiger partial charge on any atom is -0.355 e. The summed E-state index contributed by atoms with van der Waals surface area (Å²) in [6, 6.07) is 6.70. The summed E-state index contributed by atoms with van der Waals surface area (Å²) in [6.07, 6.45) is 0.810. The van der Waals surface area contributed by atoms with E-state index in [4.69, 9.17) is 5.10 Å². The maximum absolute atomic E-state index is 15.0. The molecule has 1 aliphatic rings. The Labute approximate surface area is 200 Å². The molecule has 0 spiro atoms. The van der Waals surface area contributed by atoms with E-state index in [-0.39, 0.29) is 35.3 Å². The summed E-state index contributed by atoms with van der Waals surface area (Å²) in [7, 11) is 0. The van der Waals surface area contributed by atoms with E-state index >= 15 is 4.39 Å². The molecule has 180 valence electrons. The maximum atomic E-state index is 15.0. The van der Waals surface area contributed by atoms with Crippen LogP contribution in [0, 0.1) is 5.82 Å². The Bertz CT molecular complexity index is 1040. The number of hydrogen-bond acceptors (Lipinski definition) is 4. The molecule has 1 atom stereocenters. The van der Waals surface area contributed by atoms with Gasteiger partial charge < -0.3 is 5.32 Å². The second kappa shape index (κ2) is 9.49. The molecule has 8 heteroatoms. The number of anilines is 1. The first-order chi connectivity index (χ1) is 15.4. The van der Waals surface area contributed by atoms with E-state index in [0.29, 0.717) is 17.9 Å². The molecule has 1 aliphatic heterocycles. The number of nitrogens with one attached hydrogen (secondary N) is 1. The van der Waals surface area contributed by atoms with Crippen molar-refractivity contribution in [1.82, 2.24) is 15.1 Å². The standard InChI is InChI=1S/C25H35FN4O2S/c1-8-13-27-18(31)14-29-19(32)15-33-21(16-11-9-10-12-17(16)26)20-22(24(2,3)4)28-30(23(20)29)25(5,6)7/h9-12,21H,8,13-15H2,1-7H3,(H,27,31). The van der Waals surface area contributed by atoms with Gasteiger partial charge >= 0.3 is 0 Å². The normalized spacial score (nSPS) is 17.0. The lowest BCUT2D eigenvalue weighted by molar-refractivity contribution is -0.122. The van der Waals surface area contributed by atoms with Crippen molar-refractivity contribution >= 4 is 29.4 Å². The van der Waals surface area contributed by atoms with Gasteiger partial charge in [0.1, 0.15) is 18.2 Å². The van der Waals surface area contributed by atoms with Crippen LogP contribution < -0.4 is 10.2 Å². The van der Waals surface area contributed by atoms with Crippen LogP contribution in [0.5, 0.6) is 0 Å². The van der Waals surface area contributed by atoms with Crippen molar-refractivity contribution < 1.29 is 14.0 Å². The first-order valence-corrected chi connectivity index (χ1v) is 12.5. The number of rotatable bonds is 5. The summed E-state index contributed by atoms with van der Waals surface area (Å²) < 4.78 is 16.9. The zero-order valence-corrected chi connectivity index (χ0v) is 21.5. The monoisotopic (exact) mass is 474 g/mol. The summed E-state index contributed by atoms with van der Waals surface area (Å²) in [4.78, 5) is 27.6. The average molecular weight is 475 g/mol. The third-order valence-electron chi connectivity index (χ3n) is 5.50. The Hall–Kier alpha value is -2.35. The molecule has 1 unspecified atom stereocenters. The molecule has 1 aromatic heterocycles. The molecule has 0 bridgehead atoms. The van der Waals surface area contributed by atoms with Gasteiger partial charge in [-0.1, -0.05) is 45.9 Å². The van der Waals surface area contributed by atoms with Crippen LogP contribution in [0.4, 0.5) is 10.2 Å². The molecule has 2 aromatic rings. The van der Waals surface area contributed by atoms with E-state index in [1.807, 2.05) is 38.4 Å². The fourth-order valence-electron chi connectivity index (χ4n) is 3.94. The van der Waals surface area contributed by atoms with Crippen LogP contribution in [0.25, 0.3) is 0 Å². The Kier molecular flexibility index (Phi) is 7.27. The van der Waals surface area contributed by atoms with E-state index in [9.17, 15) is 9.59 Å². The second-order valence-corrected chi connectivity index (χ2v) is 11.6. The highest BCUT2D eigenvalue weighted by Gasteiger charge is 2.41. The Morgan fingerprint density at radius 3 is 2.45 bits per heavy atom. The summed E-state index contributed by atoms with van der Waals surface area (Å²) in [6.45, 7) is 14.7. The molecule has 3 rings (SSSR count). The third-order valence-corrected chi connectivity index (χ3v) is 6.73. The van der Waals surface area contributed by atoms with Gasteiger partial charge in [0.2, 0.25) is 11.8 Å². The van der Waals surface area contributed by atoms with E-state index in [1.165, 1.54) is 17.8 Å². The molecular formula is C25H35FN4O2S. The van der Waals surface area contributed by atoms with Crippen LogP contribution in [0.15, 0.2) is 24.3 Å². The SMILES string of the molecule is CCCNC(=O)CN1C(=O)CSC(c2ccccc2F)c2c(C(C)(C)C)nn(C(C)(C)C)c21. The lowest BCUT2D eigenvalue weighted by atomic mass is 9.87. The number of aromatic nitrogens is 2. The Balaban J connectivity index is 2.31. The van der Waals surface area contributed by atoms with Crippen molar-refractivity contribution in [3.63, 3.8) is 0 Å². The Morgan fingerprint density at radius 1 is 1.21 bits per heavy atom. The molecular weight excluding hydrogens is 439 g/mol. The van der Waals surface area contributed by atoms with Crippen LogP contribution in [-0.4, -0.2) is 40.4 Å². The fraction of sp³-hybridized carbons (Fsp3) is 0.560. The molecule has 0 saturated heterocycles. The topological polar surface area (TPSA) is 67.2 Å². The van der Waals surface area contributed by atoms with E-state index in [0.717, 1.165) is 17.7 Å². The molecule has 1 N–H and O–H groups in total. The number of amides is 2. The second-order valence-electron chi connectivity index (χ2n) is 10.5. The van der Waals surface area contributed by atoms with Crippen LogP contribution in [0.1, 0.15) is 77.0 Å². The van der Waals surface area contributed by atoms with Crippen LogP contribution in [0.3, 0.4) is 0 Å². The van der Waals surface area contributed by atoms with Crippen molar-refractivity contribution in [1.29, 1.82) is 0 Å². The molecule has 0 radical (unpaired) electrons. The van der Waals surface area contributed by atoms with E-state index < -0.39 is 10.8 Å². The van der Waals surface area contributed by atoms with Gasteiger partial charge in [0.05, 0.1) is 22.2 Å². The van der Waals surface area contributed by atoms with Gasteiger partial charge in [-0.05, 0) is 33.3 Å². The number of carbonyl (C=O) groups is 2. The van der Waals surface area contributed by atoms with Crippen LogP contribution >= 0.6 is 11.8 Å². The van der Waals surface area contributed by atoms with Crippen molar-refractivity contribution in [3.05, 3.63) is 46.9 Å². The molecule has 0 fully saturated rings. The lowest BCUT2D eigenvalue weighted by Crippen LogP contribution is -2.44. The first kappa shape index (κ1) is 25.3. The molecule has 0 aliphatic carbocycles. The zero-order chi connectivity index (χ0) is 24.6. The summed E-state index contributed by atoms with van der Waals surface area (Å²) >= 11 is 1.39. The highest BCUT2D eigenvalue weighted by Crippen LogP contribution is 2.49. The molecule has 2 heterocycles. The molecule has 33 heavy (non-hydrogen) atoms. The minimum atomic E-state index is -0.458. The van der Waals surface area contributed by atoms with E-state index in [1.54, 1.807) is 17.0 Å². The van der Waals surface area contributed by atoms with Crippen molar-refractivity contribution in [2.75, 3.05) is 23.7 Å². The highest BCUT2D eigenvalue weighted by atomic mass is 32.2. The molecule has 6 nitrogen and oxygen atoms in total. The Morgan fingerprint density at radius 2 is 1.88 bits per heavy atom. The predicted molar refractivity (Wildman–Crippen MR) is 132 cm³/mol. The summed E-state index contributed by atoms with van der Waals surface area (Å²) in [5, 5.41) is 7.44. The first-order valence-electron chi connectivity index (χ1n) is 11.4. The van der Waals surface area contributed by atoms with Gasteiger partial charge in [0, 0.05) is 23.1 Å². The number of fused-ring (bicyclic) bond motifs is 1. The maximum Gasteiger partial charge on any atom is 0.240 e. The smallest absolute Gasteiger partial charge is 0.240 e. The summed E-state index contributed by atoms with van der Waals surface area (Å²) in [5.41, 5.74) is 1.32. The summed E-state index contributed by atoms with van der Waals surface area (Å²) in [5.74, 6) is 0.0120. The van der Waals surface area contributed by atoms with Gasteiger partial charge in [-0.3, -0.25) is 14.5 Å². The van der Waals surface area contributed by atoms with Gasteiger partial charge in [0.25, 0.3) is 0 Å². The molecule has 1 aromatic carbocycles. The van der Waals surface area contributed by atoms with E-state index in [2.05, 4.69) is 26.1 Å². The number of carbonyl (C=O) groups excluding carboxylic acids is 2.